The fraction of sp³-hybridized carbons (Fsp3) is 0.440. The van der Waals surface area contributed by atoms with Gasteiger partial charge < -0.3 is 15.1 Å². The molecule has 4 rings (SSSR count). The molecule has 1 aliphatic heterocycles. The van der Waals surface area contributed by atoms with E-state index in [-0.39, 0.29) is 11.5 Å². The number of anilines is 1. The molecule has 2 aromatic carbocycles. The molecule has 0 atom stereocenters. The molecule has 34 heavy (non-hydrogen) atoms. The molecule has 2 amide bonds. The highest BCUT2D eigenvalue weighted by Crippen LogP contribution is 2.32. The van der Waals surface area contributed by atoms with Gasteiger partial charge in [0.25, 0.3) is 5.91 Å². The van der Waals surface area contributed by atoms with E-state index in [1.807, 2.05) is 24.3 Å². The van der Waals surface area contributed by atoms with Crippen molar-refractivity contribution in [3.63, 3.8) is 0 Å². The van der Waals surface area contributed by atoms with Crippen molar-refractivity contribution in [3.05, 3.63) is 65.0 Å². The van der Waals surface area contributed by atoms with Crippen molar-refractivity contribution in [2.45, 2.75) is 32.4 Å². The Hall–Kier alpha value is -3.10. The molecule has 0 bridgehead atoms. The van der Waals surface area contributed by atoms with E-state index < -0.39 is 17.6 Å². The highest BCUT2D eigenvalue weighted by molar-refractivity contribution is 5.94. The van der Waals surface area contributed by atoms with Gasteiger partial charge in [-0.2, -0.15) is 13.2 Å². The molecule has 0 spiro atoms. The number of nitrogens with one attached hydrogen (secondary N) is 1. The fourth-order valence-corrected chi connectivity index (χ4v) is 3.75. The number of aryl methyl sites for hydroxylation is 1. The number of benzene rings is 2. The van der Waals surface area contributed by atoms with Crippen LogP contribution in [0, 0.1) is 18.7 Å². The van der Waals surface area contributed by atoms with Crippen LogP contribution < -0.4 is 10.2 Å². The van der Waals surface area contributed by atoms with Crippen LogP contribution in [0.5, 0.6) is 0 Å². The van der Waals surface area contributed by atoms with Crippen molar-refractivity contribution in [1.29, 1.82) is 0 Å². The highest BCUT2D eigenvalue weighted by Gasteiger charge is 2.32. The van der Waals surface area contributed by atoms with Gasteiger partial charge in [-0.3, -0.25) is 9.59 Å². The maximum absolute atomic E-state index is 12.4. The Balaban J connectivity index is 0.000000229. The third-order valence-corrected chi connectivity index (χ3v) is 5.99. The number of halogens is 4. The van der Waals surface area contributed by atoms with Gasteiger partial charge in [0.05, 0.1) is 5.56 Å². The monoisotopic (exact) mass is 479 g/mol. The summed E-state index contributed by atoms with van der Waals surface area (Å²) in [5, 5.41) is 2.98. The lowest BCUT2D eigenvalue weighted by molar-refractivity contribution is -0.138. The van der Waals surface area contributed by atoms with Gasteiger partial charge in [0.2, 0.25) is 6.41 Å². The predicted molar refractivity (Wildman–Crippen MR) is 122 cm³/mol. The van der Waals surface area contributed by atoms with E-state index in [1.54, 1.807) is 4.90 Å². The van der Waals surface area contributed by atoms with Gasteiger partial charge in [-0.05, 0) is 67.3 Å². The average Bonchev–Trinajstić information content (AvgIpc) is 3.63. The van der Waals surface area contributed by atoms with Crippen molar-refractivity contribution in [2.75, 3.05) is 37.6 Å². The molecule has 1 heterocycles. The fourth-order valence-electron chi connectivity index (χ4n) is 3.75. The number of rotatable bonds is 6. The number of alkyl halides is 3. The molecule has 0 unspecified atom stereocenters. The summed E-state index contributed by atoms with van der Waals surface area (Å²) < 4.78 is 48.5. The van der Waals surface area contributed by atoms with Gasteiger partial charge in [-0.15, -0.1) is 0 Å². The minimum atomic E-state index is -4.39. The average molecular weight is 480 g/mol. The molecule has 2 aliphatic rings. The van der Waals surface area contributed by atoms with Crippen LogP contribution in [0.25, 0.3) is 0 Å². The zero-order valence-corrected chi connectivity index (χ0v) is 19.1. The molecule has 5 nitrogen and oxygen atoms in total. The SMILES string of the molecule is Cc1cc(F)ccc1C(F)(F)F.O=CN1CCN(c2ccc(C(=O)NCCC3CC3)cc2)CC1. The van der Waals surface area contributed by atoms with Crippen molar-refractivity contribution < 1.29 is 27.2 Å². The molecule has 184 valence electrons. The minimum Gasteiger partial charge on any atom is -0.368 e. The first-order valence-electron chi connectivity index (χ1n) is 11.3. The van der Waals surface area contributed by atoms with Gasteiger partial charge in [-0.25, -0.2) is 4.39 Å². The molecule has 2 fully saturated rings. The molecule has 9 heteroatoms. The van der Waals surface area contributed by atoms with Gasteiger partial charge in [0, 0.05) is 44.0 Å². The Morgan fingerprint density at radius 2 is 1.71 bits per heavy atom. The number of carbonyl (C=O) groups is 2. The van der Waals surface area contributed by atoms with E-state index in [0.29, 0.717) is 5.56 Å². The maximum Gasteiger partial charge on any atom is 0.416 e. The van der Waals surface area contributed by atoms with Gasteiger partial charge >= 0.3 is 6.18 Å². The summed E-state index contributed by atoms with van der Waals surface area (Å²) in [5.74, 6) is 0.200. The second kappa shape index (κ2) is 11.4. The normalized spacial score (nSPS) is 15.9. The minimum absolute atomic E-state index is 0.0120. The number of hydrogen-bond acceptors (Lipinski definition) is 3. The standard InChI is InChI=1S/C17H23N3O2.C8H6F4/c21-13-19-9-11-20(12-10-19)16-5-3-15(4-6-16)17(22)18-8-7-14-1-2-14;1-5-4-6(9)2-3-7(5)8(10,11)12/h3-6,13-14H,1-2,7-12H2,(H,18,22);2-4H,1H3. The van der Waals surface area contributed by atoms with Crippen molar-refractivity contribution in [3.8, 4) is 0 Å². The lowest BCUT2D eigenvalue weighted by atomic mass is 10.1. The van der Waals surface area contributed by atoms with Gasteiger partial charge in [0.1, 0.15) is 5.82 Å². The number of carbonyl (C=O) groups excluding carboxylic acids is 2. The van der Waals surface area contributed by atoms with E-state index >= 15 is 0 Å². The van der Waals surface area contributed by atoms with E-state index in [4.69, 9.17) is 0 Å². The molecule has 1 saturated carbocycles. The molecule has 0 radical (unpaired) electrons. The number of hydrogen-bond donors (Lipinski definition) is 1. The van der Waals surface area contributed by atoms with Crippen LogP contribution in [0.3, 0.4) is 0 Å². The third-order valence-electron chi connectivity index (χ3n) is 5.99. The van der Waals surface area contributed by atoms with E-state index in [0.717, 1.165) is 75.4 Å². The molecule has 1 aliphatic carbocycles. The molecular formula is C25H29F4N3O2. The first-order valence-corrected chi connectivity index (χ1v) is 11.3. The zero-order chi connectivity index (χ0) is 24.7. The number of nitrogens with zero attached hydrogens (tertiary/aromatic N) is 2. The van der Waals surface area contributed by atoms with Crippen LogP contribution in [0.1, 0.15) is 40.7 Å². The first-order chi connectivity index (χ1) is 16.2. The first kappa shape index (κ1) is 25.5. The van der Waals surface area contributed by atoms with Crippen LogP contribution in [0.2, 0.25) is 0 Å². The largest absolute Gasteiger partial charge is 0.416 e. The third kappa shape index (κ3) is 7.46. The second-order valence-corrected chi connectivity index (χ2v) is 8.62. The summed E-state index contributed by atoms with van der Waals surface area (Å²) in [5.41, 5.74) is 0.942. The summed E-state index contributed by atoms with van der Waals surface area (Å²) in [6.07, 6.45) is 0.263. The lowest BCUT2D eigenvalue weighted by Gasteiger charge is -2.34. The van der Waals surface area contributed by atoms with Crippen LogP contribution in [0.4, 0.5) is 23.2 Å². The Labute approximate surface area is 196 Å². The Morgan fingerprint density at radius 1 is 1.06 bits per heavy atom. The smallest absolute Gasteiger partial charge is 0.368 e. The summed E-state index contributed by atoms with van der Waals surface area (Å²) in [6, 6.07) is 10.2. The molecule has 0 aromatic heterocycles. The Bertz CT molecular complexity index is 967. The Kier molecular flexibility index (Phi) is 8.52. The van der Waals surface area contributed by atoms with Gasteiger partial charge in [-0.1, -0.05) is 12.8 Å². The quantitative estimate of drug-likeness (QED) is 0.485. The van der Waals surface area contributed by atoms with E-state index in [9.17, 15) is 27.2 Å². The van der Waals surface area contributed by atoms with Crippen LogP contribution in [0.15, 0.2) is 42.5 Å². The van der Waals surface area contributed by atoms with Crippen molar-refractivity contribution in [1.82, 2.24) is 10.2 Å². The highest BCUT2D eigenvalue weighted by atomic mass is 19.4. The van der Waals surface area contributed by atoms with Crippen molar-refractivity contribution >= 4 is 18.0 Å². The van der Waals surface area contributed by atoms with Gasteiger partial charge in [0.15, 0.2) is 0 Å². The number of amides is 2. The van der Waals surface area contributed by atoms with Crippen LogP contribution in [-0.4, -0.2) is 49.9 Å². The summed E-state index contributed by atoms with van der Waals surface area (Å²) in [4.78, 5) is 26.8. The van der Waals surface area contributed by atoms with E-state index in [1.165, 1.54) is 19.8 Å². The zero-order valence-electron chi connectivity index (χ0n) is 19.1. The molecule has 1 saturated heterocycles. The maximum atomic E-state index is 12.4. The molecular weight excluding hydrogens is 450 g/mol. The second-order valence-electron chi connectivity index (χ2n) is 8.62. The van der Waals surface area contributed by atoms with E-state index in [2.05, 4.69) is 10.2 Å². The summed E-state index contributed by atoms with van der Waals surface area (Å²) in [7, 11) is 0. The lowest BCUT2D eigenvalue weighted by Crippen LogP contribution is -2.45. The Morgan fingerprint density at radius 3 is 2.24 bits per heavy atom. The van der Waals surface area contributed by atoms with Crippen molar-refractivity contribution in [2.24, 2.45) is 5.92 Å². The molecule has 1 N–H and O–H groups in total. The number of piperazine rings is 1. The van der Waals surface area contributed by atoms with Crippen LogP contribution >= 0.6 is 0 Å². The van der Waals surface area contributed by atoms with Crippen LogP contribution in [-0.2, 0) is 11.0 Å². The molecule has 2 aromatic rings. The topological polar surface area (TPSA) is 52.7 Å². The summed E-state index contributed by atoms with van der Waals surface area (Å²) >= 11 is 0. The predicted octanol–water partition coefficient (Wildman–Crippen LogP) is 4.65. The summed E-state index contributed by atoms with van der Waals surface area (Å²) in [6.45, 7) is 5.20.